The zero-order chi connectivity index (χ0) is 18.0. The van der Waals surface area contributed by atoms with Crippen molar-refractivity contribution >= 4 is 26.5 Å². The molecule has 0 radical (unpaired) electrons. The Balaban J connectivity index is 1.63. The van der Waals surface area contributed by atoms with E-state index >= 15 is 0 Å². The number of nitrogens with one attached hydrogen (secondary N) is 2. The molecule has 3 aromatic rings. The third-order valence-electron chi connectivity index (χ3n) is 4.76. The summed E-state index contributed by atoms with van der Waals surface area (Å²) in [5.74, 6) is 0.754. The van der Waals surface area contributed by atoms with E-state index in [1.165, 1.54) is 12.8 Å². The molecule has 0 unspecified atom stereocenters. The van der Waals surface area contributed by atoms with Gasteiger partial charge in [0.25, 0.3) is 0 Å². The number of anilines is 1. The van der Waals surface area contributed by atoms with Crippen LogP contribution < -0.4 is 10.0 Å². The summed E-state index contributed by atoms with van der Waals surface area (Å²) < 4.78 is 28.5. The number of hydrogen-bond donors (Lipinski definition) is 2. The van der Waals surface area contributed by atoms with Gasteiger partial charge in [-0.05, 0) is 36.5 Å². The average molecular weight is 366 g/mol. The Morgan fingerprint density at radius 3 is 2.35 bits per heavy atom. The molecule has 1 aliphatic rings. The Bertz CT molecular complexity index is 1010. The van der Waals surface area contributed by atoms with Gasteiger partial charge in [0.1, 0.15) is 0 Å². The Kier molecular flexibility index (Phi) is 4.66. The van der Waals surface area contributed by atoms with Crippen molar-refractivity contribution in [3.05, 3.63) is 72.3 Å². The summed E-state index contributed by atoms with van der Waals surface area (Å²) in [5.41, 5.74) is 1.93. The highest BCUT2D eigenvalue weighted by Crippen LogP contribution is 2.32. The summed E-state index contributed by atoms with van der Waals surface area (Å²) in [5, 5.41) is 5.16. The second kappa shape index (κ2) is 7.09. The van der Waals surface area contributed by atoms with Crippen LogP contribution in [0.5, 0.6) is 0 Å². The maximum absolute atomic E-state index is 12.9. The first-order valence-corrected chi connectivity index (χ1v) is 10.4. The van der Waals surface area contributed by atoms with Crippen LogP contribution in [0.15, 0.2) is 71.6 Å². The molecule has 1 fully saturated rings. The molecule has 0 spiro atoms. The van der Waals surface area contributed by atoms with E-state index in [2.05, 4.69) is 10.0 Å². The van der Waals surface area contributed by atoms with Crippen LogP contribution in [-0.2, 0) is 16.6 Å². The highest BCUT2D eigenvalue weighted by Gasteiger charge is 2.21. The minimum absolute atomic E-state index is 0.277. The number of benzene rings is 3. The molecular weight excluding hydrogens is 344 g/mol. The first-order valence-electron chi connectivity index (χ1n) is 8.93. The van der Waals surface area contributed by atoms with Gasteiger partial charge in [0.2, 0.25) is 10.0 Å². The highest BCUT2D eigenvalue weighted by atomic mass is 32.2. The predicted molar refractivity (Wildman–Crippen MR) is 106 cm³/mol. The molecule has 4 nitrogen and oxygen atoms in total. The molecule has 0 amide bonds. The van der Waals surface area contributed by atoms with Gasteiger partial charge in [-0.1, -0.05) is 54.6 Å². The van der Waals surface area contributed by atoms with E-state index in [0.717, 1.165) is 34.5 Å². The predicted octanol–water partition coefficient (Wildman–Crippen LogP) is 4.14. The Morgan fingerprint density at radius 2 is 1.58 bits per heavy atom. The largest absolute Gasteiger partial charge is 0.384 e. The summed E-state index contributed by atoms with van der Waals surface area (Å²) >= 11 is 0. The molecule has 1 saturated carbocycles. The number of hydrogen-bond acceptors (Lipinski definition) is 3. The van der Waals surface area contributed by atoms with Gasteiger partial charge >= 0.3 is 0 Å². The highest BCUT2D eigenvalue weighted by molar-refractivity contribution is 7.89. The van der Waals surface area contributed by atoms with Crippen LogP contribution in [0.2, 0.25) is 0 Å². The van der Waals surface area contributed by atoms with E-state index < -0.39 is 10.0 Å². The molecule has 0 atom stereocenters. The summed E-state index contributed by atoms with van der Waals surface area (Å²) in [6, 6.07) is 20.8. The summed E-state index contributed by atoms with van der Waals surface area (Å²) in [6.45, 7) is 1.22. The van der Waals surface area contributed by atoms with Gasteiger partial charge in [0, 0.05) is 29.5 Å². The lowest BCUT2D eigenvalue weighted by molar-refractivity contribution is 0.582. The topological polar surface area (TPSA) is 58.2 Å². The fourth-order valence-corrected chi connectivity index (χ4v) is 4.34. The van der Waals surface area contributed by atoms with E-state index in [0.29, 0.717) is 4.90 Å². The van der Waals surface area contributed by atoms with Crippen LogP contribution in [0.3, 0.4) is 0 Å². The van der Waals surface area contributed by atoms with E-state index in [-0.39, 0.29) is 6.54 Å². The van der Waals surface area contributed by atoms with Gasteiger partial charge in [-0.3, -0.25) is 0 Å². The lowest BCUT2D eigenvalue weighted by atomic mass is 10.1. The molecule has 0 bridgehead atoms. The van der Waals surface area contributed by atoms with Gasteiger partial charge in [0.15, 0.2) is 0 Å². The lowest BCUT2D eigenvalue weighted by Crippen LogP contribution is -2.23. The molecule has 0 aliphatic heterocycles. The van der Waals surface area contributed by atoms with Crippen LogP contribution in [0, 0.1) is 5.92 Å². The quantitative estimate of drug-likeness (QED) is 0.661. The van der Waals surface area contributed by atoms with Crippen molar-refractivity contribution in [2.45, 2.75) is 24.3 Å². The van der Waals surface area contributed by atoms with Gasteiger partial charge in [-0.25, -0.2) is 13.1 Å². The standard InChI is InChI=1S/C21H22N2O2S/c24-26(25,23-15-16-6-2-1-3-7-16)21-11-5-8-18-19(21)9-4-10-20(18)22-14-17-12-13-17/h1-11,17,22-23H,12-15H2. The minimum atomic E-state index is -3.60. The van der Waals surface area contributed by atoms with Crippen LogP contribution in [0.25, 0.3) is 10.8 Å². The molecular formula is C21H22N2O2S. The van der Waals surface area contributed by atoms with E-state index in [1.807, 2.05) is 60.7 Å². The number of fused-ring (bicyclic) bond motifs is 1. The zero-order valence-corrected chi connectivity index (χ0v) is 15.3. The monoisotopic (exact) mass is 366 g/mol. The van der Waals surface area contributed by atoms with E-state index in [9.17, 15) is 8.42 Å². The number of rotatable bonds is 7. The third kappa shape index (κ3) is 3.74. The molecule has 0 aromatic heterocycles. The third-order valence-corrected chi connectivity index (χ3v) is 6.22. The molecule has 3 aromatic carbocycles. The summed E-state index contributed by atoms with van der Waals surface area (Å²) in [6.07, 6.45) is 2.56. The Hall–Kier alpha value is -2.37. The van der Waals surface area contributed by atoms with Crippen LogP contribution in [0.4, 0.5) is 5.69 Å². The van der Waals surface area contributed by atoms with Crippen molar-refractivity contribution in [3.63, 3.8) is 0 Å². The fraction of sp³-hybridized carbons (Fsp3) is 0.238. The maximum Gasteiger partial charge on any atom is 0.241 e. The molecule has 0 heterocycles. The Labute approximate surface area is 154 Å². The van der Waals surface area contributed by atoms with Crippen LogP contribution in [0.1, 0.15) is 18.4 Å². The lowest BCUT2D eigenvalue weighted by Gasteiger charge is -2.13. The van der Waals surface area contributed by atoms with Crippen molar-refractivity contribution in [3.8, 4) is 0 Å². The zero-order valence-electron chi connectivity index (χ0n) is 14.5. The maximum atomic E-state index is 12.9. The Morgan fingerprint density at radius 1 is 0.846 bits per heavy atom. The summed E-state index contributed by atoms with van der Waals surface area (Å²) in [4.78, 5) is 0.320. The first kappa shape index (κ1) is 17.1. The molecule has 0 saturated heterocycles. The van der Waals surface area contributed by atoms with E-state index in [1.54, 1.807) is 6.07 Å². The van der Waals surface area contributed by atoms with Gasteiger partial charge in [0.05, 0.1) is 4.90 Å². The molecule has 5 heteroatoms. The normalized spacial score (nSPS) is 14.5. The smallest absolute Gasteiger partial charge is 0.241 e. The molecule has 2 N–H and O–H groups in total. The van der Waals surface area contributed by atoms with Crippen molar-refractivity contribution in [1.82, 2.24) is 4.72 Å². The van der Waals surface area contributed by atoms with Crippen molar-refractivity contribution < 1.29 is 8.42 Å². The van der Waals surface area contributed by atoms with Gasteiger partial charge in [-0.15, -0.1) is 0 Å². The molecule has 4 rings (SSSR count). The summed E-state index contributed by atoms with van der Waals surface area (Å²) in [7, 11) is -3.60. The van der Waals surface area contributed by atoms with Crippen molar-refractivity contribution in [1.29, 1.82) is 0 Å². The SMILES string of the molecule is O=S(=O)(NCc1ccccc1)c1cccc2c(NCC3CC3)cccc12. The van der Waals surface area contributed by atoms with Gasteiger partial charge < -0.3 is 5.32 Å². The minimum Gasteiger partial charge on any atom is -0.384 e. The average Bonchev–Trinajstić information content (AvgIpc) is 3.49. The second-order valence-electron chi connectivity index (χ2n) is 6.79. The molecule has 134 valence electrons. The molecule has 1 aliphatic carbocycles. The van der Waals surface area contributed by atoms with E-state index in [4.69, 9.17) is 0 Å². The van der Waals surface area contributed by atoms with Gasteiger partial charge in [-0.2, -0.15) is 0 Å². The van der Waals surface area contributed by atoms with Crippen LogP contribution >= 0.6 is 0 Å². The first-order chi connectivity index (χ1) is 12.6. The van der Waals surface area contributed by atoms with Crippen molar-refractivity contribution in [2.24, 2.45) is 5.92 Å². The number of sulfonamides is 1. The molecule has 26 heavy (non-hydrogen) atoms. The second-order valence-corrected chi connectivity index (χ2v) is 8.53. The fourth-order valence-electron chi connectivity index (χ4n) is 3.10. The van der Waals surface area contributed by atoms with Crippen molar-refractivity contribution in [2.75, 3.05) is 11.9 Å². The van der Waals surface area contributed by atoms with Crippen LogP contribution in [-0.4, -0.2) is 15.0 Å².